The molecule has 0 atom stereocenters. The van der Waals surface area contributed by atoms with Crippen molar-refractivity contribution in [3.05, 3.63) is 82.9 Å². The molecule has 0 saturated heterocycles. The second kappa shape index (κ2) is 8.20. The van der Waals surface area contributed by atoms with Crippen molar-refractivity contribution < 1.29 is 9.90 Å². The smallest absolute Gasteiger partial charge is 0.259 e. The van der Waals surface area contributed by atoms with Crippen molar-refractivity contribution in [2.45, 2.75) is 33.7 Å². The number of carbonyl (C=O) groups excluding carboxylic acids is 1. The summed E-state index contributed by atoms with van der Waals surface area (Å²) in [4.78, 5) is 15.3. The quantitative estimate of drug-likeness (QED) is 0.636. The molecule has 0 aliphatic rings. The molecule has 0 fully saturated rings. The number of amides is 1. The number of aryl methyl sites for hydroxylation is 2. The molecule has 0 aromatic heterocycles. The van der Waals surface area contributed by atoms with Crippen LogP contribution in [0.3, 0.4) is 0 Å². The number of benzene rings is 3. The summed E-state index contributed by atoms with van der Waals surface area (Å²) in [6.07, 6.45) is 0. The summed E-state index contributed by atoms with van der Waals surface area (Å²) in [5.74, 6) is 0.168. The molecule has 0 spiro atoms. The molecule has 29 heavy (non-hydrogen) atoms. The van der Waals surface area contributed by atoms with Gasteiger partial charge in [-0.1, -0.05) is 24.3 Å². The van der Waals surface area contributed by atoms with Gasteiger partial charge in [-0.15, -0.1) is 0 Å². The Bertz CT molecular complexity index is 1050. The number of nitriles is 1. The van der Waals surface area contributed by atoms with Crippen LogP contribution in [0.25, 0.3) is 11.1 Å². The predicted octanol–water partition coefficient (Wildman–Crippen LogP) is 5.60. The number of rotatable bonds is 4. The highest BCUT2D eigenvalue weighted by Crippen LogP contribution is 2.29. The molecule has 1 N–H and O–H groups in total. The Hall–Kier alpha value is -3.58. The number of aromatic hydroxyl groups is 1. The Kier molecular flexibility index (Phi) is 5.70. The zero-order valence-electron chi connectivity index (χ0n) is 17.1. The molecule has 0 unspecified atom stereocenters. The van der Waals surface area contributed by atoms with Crippen LogP contribution in [0.2, 0.25) is 0 Å². The van der Waals surface area contributed by atoms with Crippen LogP contribution in [0.15, 0.2) is 60.7 Å². The lowest BCUT2D eigenvalue weighted by atomic mass is 9.94. The SMILES string of the molecule is Cc1cc(-c2ccc(O)cc2)cc(C)c1C(=O)N(c1ccc(C#N)cc1)C(C)C. The highest BCUT2D eigenvalue weighted by atomic mass is 16.3. The van der Waals surface area contributed by atoms with Gasteiger partial charge in [0.15, 0.2) is 0 Å². The lowest BCUT2D eigenvalue weighted by Crippen LogP contribution is -2.37. The summed E-state index contributed by atoms with van der Waals surface area (Å²) in [6.45, 7) is 7.85. The minimum Gasteiger partial charge on any atom is -0.508 e. The fourth-order valence-corrected chi connectivity index (χ4v) is 3.59. The Morgan fingerprint density at radius 3 is 1.97 bits per heavy atom. The molecular formula is C25H24N2O2. The van der Waals surface area contributed by atoms with E-state index in [1.54, 1.807) is 29.2 Å². The first-order valence-corrected chi connectivity index (χ1v) is 9.56. The van der Waals surface area contributed by atoms with Crippen LogP contribution in [0.5, 0.6) is 5.75 Å². The van der Waals surface area contributed by atoms with E-state index in [0.717, 1.165) is 27.9 Å². The molecule has 4 nitrogen and oxygen atoms in total. The van der Waals surface area contributed by atoms with Crippen LogP contribution in [0, 0.1) is 25.2 Å². The average Bonchev–Trinajstić information content (AvgIpc) is 2.68. The normalized spacial score (nSPS) is 10.6. The van der Waals surface area contributed by atoms with Crippen LogP contribution in [-0.2, 0) is 0 Å². The lowest BCUT2D eigenvalue weighted by molar-refractivity contribution is 0.0979. The molecule has 3 aromatic rings. The molecule has 0 radical (unpaired) electrons. The van der Waals surface area contributed by atoms with Gasteiger partial charge in [-0.05, 0) is 86.3 Å². The number of hydrogen-bond acceptors (Lipinski definition) is 3. The van der Waals surface area contributed by atoms with Gasteiger partial charge in [-0.25, -0.2) is 0 Å². The summed E-state index contributed by atoms with van der Waals surface area (Å²) in [5, 5.41) is 18.5. The zero-order chi connectivity index (χ0) is 21.1. The van der Waals surface area contributed by atoms with Gasteiger partial charge in [0.2, 0.25) is 0 Å². The van der Waals surface area contributed by atoms with Crippen molar-refractivity contribution in [1.82, 2.24) is 0 Å². The van der Waals surface area contributed by atoms with E-state index in [-0.39, 0.29) is 17.7 Å². The zero-order valence-corrected chi connectivity index (χ0v) is 17.1. The van der Waals surface area contributed by atoms with E-state index in [0.29, 0.717) is 11.1 Å². The molecule has 1 amide bonds. The van der Waals surface area contributed by atoms with E-state index in [1.165, 1.54) is 0 Å². The van der Waals surface area contributed by atoms with Crippen LogP contribution in [0.4, 0.5) is 5.69 Å². The maximum Gasteiger partial charge on any atom is 0.259 e. The van der Waals surface area contributed by atoms with Crippen molar-refractivity contribution >= 4 is 11.6 Å². The maximum atomic E-state index is 13.5. The first-order chi connectivity index (χ1) is 13.8. The summed E-state index contributed by atoms with van der Waals surface area (Å²) < 4.78 is 0. The highest BCUT2D eigenvalue weighted by molar-refractivity contribution is 6.08. The molecule has 146 valence electrons. The number of phenols is 1. The third-order valence-corrected chi connectivity index (χ3v) is 4.96. The van der Waals surface area contributed by atoms with E-state index in [9.17, 15) is 9.90 Å². The van der Waals surface area contributed by atoms with Gasteiger partial charge in [-0.3, -0.25) is 4.79 Å². The van der Waals surface area contributed by atoms with Crippen molar-refractivity contribution in [2.75, 3.05) is 4.90 Å². The van der Waals surface area contributed by atoms with Crippen LogP contribution >= 0.6 is 0 Å². The van der Waals surface area contributed by atoms with Gasteiger partial charge >= 0.3 is 0 Å². The Morgan fingerprint density at radius 2 is 1.48 bits per heavy atom. The molecule has 3 aromatic carbocycles. The van der Waals surface area contributed by atoms with Gasteiger partial charge in [0.1, 0.15) is 5.75 Å². The Morgan fingerprint density at radius 1 is 0.931 bits per heavy atom. The maximum absolute atomic E-state index is 13.5. The number of anilines is 1. The van der Waals surface area contributed by atoms with Gasteiger partial charge in [0, 0.05) is 17.3 Å². The van der Waals surface area contributed by atoms with Crippen molar-refractivity contribution in [3.63, 3.8) is 0 Å². The monoisotopic (exact) mass is 384 g/mol. The molecule has 0 aliphatic carbocycles. The minimum atomic E-state index is -0.0584. The average molecular weight is 384 g/mol. The molecule has 0 heterocycles. The third kappa shape index (κ3) is 4.14. The topological polar surface area (TPSA) is 64.3 Å². The summed E-state index contributed by atoms with van der Waals surface area (Å²) in [5.41, 5.74) is 5.81. The summed E-state index contributed by atoms with van der Waals surface area (Å²) >= 11 is 0. The van der Waals surface area contributed by atoms with E-state index in [2.05, 4.69) is 6.07 Å². The van der Waals surface area contributed by atoms with Crippen LogP contribution in [-0.4, -0.2) is 17.1 Å². The molecular weight excluding hydrogens is 360 g/mol. The summed E-state index contributed by atoms with van der Waals surface area (Å²) in [6, 6.07) is 20.2. The number of phenolic OH excluding ortho intramolecular Hbond substituents is 1. The Balaban J connectivity index is 2.02. The van der Waals surface area contributed by atoms with E-state index in [1.807, 2.05) is 64.1 Å². The fourth-order valence-electron chi connectivity index (χ4n) is 3.59. The van der Waals surface area contributed by atoms with Gasteiger partial charge in [-0.2, -0.15) is 5.26 Å². The largest absolute Gasteiger partial charge is 0.508 e. The number of carbonyl (C=O) groups is 1. The van der Waals surface area contributed by atoms with Gasteiger partial charge < -0.3 is 10.0 Å². The highest BCUT2D eigenvalue weighted by Gasteiger charge is 2.24. The van der Waals surface area contributed by atoms with Gasteiger partial charge in [0.05, 0.1) is 11.6 Å². The molecule has 4 heteroatoms. The van der Waals surface area contributed by atoms with Crippen molar-refractivity contribution in [1.29, 1.82) is 5.26 Å². The van der Waals surface area contributed by atoms with E-state index >= 15 is 0 Å². The minimum absolute atomic E-state index is 0.0361. The molecule has 3 rings (SSSR count). The standard InChI is InChI=1S/C25H24N2O2/c1-16(2)27(22-9-5-19(15-26)6-10-22)25(29)24-17(3)13-21(14-18(24)4)20-7-11-23(28)12-8-20/h5-14,16,28H,1-4H3. The van der Waals surface area contributed by atoms with Crippen LogP contribution in [0.1, 0.15) is 40.9 Å². The summed E-state index contributed by atoms with van der Waals surface area (Å²) in [7, 11) is 0. The first kappa shape index (κ1) is 20.2. The van der Waals surface area contributed by atoms with Gasteiger partial charge in [0.25, 0.3) is 5.91 Å². The predicted molar refractivity (Wildman–Crippen MR) is 116 cm³/mol. The van der Waals surface area contributed by atoms with Crippen LogP contribution < -0.4 is 4.90 Å². The second-order valence-electron chi connectivity index (χ2n) is 7.46. The molecule has 0 bridgehead atoms. The van der Waals surface area contributed by atoms with Crippen molar-refractivity contribution in [2.24, 2.45) is 0 Å². The second-order valence-corrected chi connectivity index (χ2v) is 7.46. The molecule has 0 aliphatic heterocycles. The fraction of sp³-hybridized carbons (Fsp3) is 0.200. The first-order valence-electron chi connectivity index (χ1n) is 9.56. The van der Waals surface area contributed by atoms with E-state index < -0.39 is 0 Å². The Labute approximate surface area is 171 Å². The van der Waals surface area contributed by atoms with E-state index in [4.69, 9.17) is 5.26 Å². The number of hydrogen-bond donors (Lipinski definition) is 1. The lowest BCUT2D eigenvalue weighted by Gasteiger charge is -2.28. The van der Waals surface area contributed by atoms with Crippen molar-refractivity contribution in [3.8, 4) is 22.9 Å². The third-order valence-electron chi connectivity index (χ3n) is 4.96. The molecule has 0 saturated carbocycles. The number of nitrogens with zero attached hydrogens (tertiary/aromatic N) is 2.